The lowest BCUT2D eigenvalue weighted by Gasteiger charge is -2.01. The minimum atomic E-state index is -0.495. The molecule has 0 spiro atoms. The van der Waals surface area contributed by atoms with Gasteiger partial charge in [0.25, 0.3) is 0 Å². The largest absolute Gasteiger partial charge is 0.352 e. The highest BCUT2D eigenvalue weighted by molar-refractivity contribution is 6.33. The van der Waals surface area contributed by atoms with Crippen molar-refractivity contribution in [2.24, 2.45) is 5.10 Å². The molecule has 0 unspecified atom stereocenters. The number of hydrazone groups is 1. The van der Waals surface area contributed by atoms with Crippen LogP contribution in [0.5, 0.6) is 0 Å². The van der Waals surface area contributed by atoms with Crippen molar-refractivity contribution in [3.63, 3.8) is 0 Å². The molecule has 0 aliphatic heterocycles. The first-order valence-electron chi connectivity index (χ1n) is 5.57. The molecule has 19 heavy (non-hydrogen) atoms. The van der Waals surface area contributed by atoms with Crippen LogP contribution in [0.2, 0.25) is 5.02 Å². The van der Waals surface area contributed by atoms with E-state index in [2.05, 4.69) is 22.4 Å². The third kappa shape index (κ3) is 5.83. The number of nitrogens with zero attached hydrogens (tertiary/aromatic N) is 1. The number of nitrogens with one attached hydrogen (secondary N) is 2. The van der Waals surface area contributed by atoms with Crippen LogP contribution in [0, 0.1) is 0 Å². The minimum Gasteiger partial charge on any atom is -0.352 e. The van der Waals surface area contributed by atoms with Crippen LogP contribution in [0.25, 0.3) is 0 Å². The fraction of sp³-hybridized carbons (Fsp3) is 0.154. The second kappa shape index (κ2) is 8.05. The molecule has 0 bridgehead atoms. The van der Waals surface area contributed by atoms with Gasteiger partial charge in [0.1, 0.15) is 6.42 Å². The number of carbonyl (C=O) groups is 2. The average Bonchev–Trinajstić information content (AvgIpc) is 2.38. The van der Waals surface area contributed by atoms with Crippen molar-refractivity contribution in [3.05, 3.63) is 47.5 Å². The van der Waals surface area contributed by atoms with E-state index in [-0.39, 0.29) is 12.3 Å². The van der Waals surface area contributed by atoms with Crippen LogP contribution in [0.15, 0.2) is 42.0 Å². The highest BCUT2D eigenvalue weighted by Gasteiger charge is 2.06. The van der Waals surface area contributed by atoms with Gasteiger partial charge in [-0.1, -0.05) is 35.9 Å². The summed E-state index contributed by atoms with van der Waals surface area (Å²) in [5.74, 6) is -0.879. The van der Waals surface area contributed by atoms with E-state index in [1.807, 2.05) is 0 Å². The van der Waals surface area contributed by atoms with E-state index in [9.17, 15) is 9.59 Å². The third-order valence-corrected chi connectivity index (χ3v) is 2.41. The predicted octanol–water partition coefficient (Wildman–Crippen LogP) is 1.48. The van der Waals surface area contributed by atoms with Crippen molar-refractivity contribution < 1.29 is 9.59 Å². The summed E-state index contributed by atoms with van der Waals surface area (Å²) in [5, 5.41) is 6.75. The highest BCUT2D eigenvalue weighted by atomic mass is 35.5. The molecule has 1 aromatic rings. The van der Waals surface area contributed by atoms with Gasteiger partial charge in [-0.3, -0.25) is 9.59 Å². The lowest BCUT2D eigenvalue weighted by molar-refractivity contribution is -0.129. The van der Waals surface area contributed by atoms with Crippen LogP contribution in [-0.2, 0) is 9.59 Å². The molecule has 0 heterocycles. The van der Waals surface area contributed by atoms with E-state index < -0.39 is 5.91 Å². The van der Waals surface area contributed by atoms with Crippen LogP contribution >= 0.6 is 11.6 Å². The van der Waals surface area contributed by atoms with Gasteiger partial charge < -0.3 is 5.32 Å². The molecule has 5 nitrogen and oxygen atoms in total. The van der Waals surface area contributed by atoms with Crippen molar-refractivity contribution in [2.75, 3.05) is 6.54 Å². The standard InChI is InChI=1S/C13H14ClN3O2/c1-2-7-15-12(18)8-13(19)17-16-9-10-5-3-4-6-11(10)14/h2-6,9H,1,7-8H2,(H,15,18)(H,17,19). The van der Waals surface area contributed by atoms with Crippen molar-refractivity contribution >= 4 is 29.6 Å². The maximum absolute atomic E-state index is 11.3. The van der Waals surface area contributed by atoms with Crippen molar-refractivity contribution in [3.8, 4) is 0 Å². The fourth-order valence-corrected chi connectivity index (χ4v) is 1.37. The normalized spacial score (nSPS) is 10.2. The van der Waals surface area contributed by atoms with Crippen molar-refractivity contribution in [2.45, 2.75) is 6.42 Å². The Kier molecular flexibility index (Phi) is 6.32. The summed E-state index contributed by atoms with van der Waals surface area (Å²) in [5.41, 5.74) is 2.93. The summed E-state index contributed by atoms with van der Waals surface area (Å²) in [4.78, 5) is 22.6. The van der Waals surface area contributed by atoms with Crippen molar-refractivity contribution in [1.29, 1.82) is 0 Å². The SMILES string of the molecule is C=CCNC(=O)CC(=O)NN=Cc1ccccc1Cl. The lowest BCUT2D eigenvalue weighted by Crippen LogP contribution is -2.29. The van der Waals surface area contributed by atoms with E-state index >= 15 is 0 Å². The summed E-state index contributed by atoms with van der Waals surface area (Å²) in [6, 6.07) is 7.07. The number of hydrogen-bond acceptors (Lipinski definition) is 3. The van der Waals surface area contributed by atoms with Gasteiger partial charge in [0, 0.05) is 17.1 Å². The van der Waals surface area contributed by atoms with Gasteiger partial charge in [0.15, 0.2) is 0 Å². The molecule has 6 heteroatoms. The Hall–Kier alpha value is -2.14. The second-order valence-electron chi connectivity index (χ2n) is 3.58. The molecule has 0 aliphatic rings. The Bertz CT molecular complexity index is 500. The number of benzene rings is 1. The van der Waals surface area contributed by atoms with Gasteiger partial charge in [-0.05, 0) is 6.07 Å². The molecule has 0 radical (unpaired) electrons. The first-order valence-corrected chi connectivity index (χ1v) is 5.95. The maximum Gasteiger partial charge on any atom is 0.249 e. The number of halogens is 1. The Morgan fingerprint density at radius 3 is 2.74 bits per heavy atom. The zero-order valence-electron chi connectivity index (χ0n) is 10.2. The highest BCUT2D eigenvalue weighted by Crippen LogP contribution is 2.11. The van der Waals surface area contributed by atoms with Gasteiger partial charge in [0.05, 0.1) is 6.21 Å². The summed E-state index contributed by atoms with van der Waals surface area (Å²) < 4.78 is 0. The lowest BCUT2D eigenvalue weighted by atomic mass is 10.2. The Labute approximate surface area is 116 Å². The van der Waals surface area contributed by atoms with Gasteiger partial charge >= 0.3 is 0 Å². The third-order valence-electron chi connectivity index (χ3n) is 2.06. The molecule has 0 aromatic heterocycles. The first kappa shape index (κ1) is 14.9. The molecular weight excluding hydrogens is 266 g/mol. The summed E-state index contributed by atoms with van der Waals surface area (Å²) in [6.07, 6.45) is 2.67. The molecule has 1 rings (SSSR count). The smallest absolute Gasteiger partial charge is 0.249 e. The van der Waals surface area contributed by atoms with Gasteiger partial charge in [-0.2, -0.15) is 5.10 Å². The molecule has 0 saturated heterocycles. The molecular formula is C13H14ClN3O2. The van der Waals surface area contributed by atoms with E-state index in [0.29, 0.717) is 17.1 Å². The number of hydrogen-bond donors (Lipinski definition) is 2. The Balaban J connectivity index is 2.40. The molecule has 0 saturated carbocycles. The molecule has 100 valence electrons. The number of rotatable bonds is 6. The monoisotopic (exact) mass is 279 g/mol. The molecule has 0 fully saturated rings. The van der Waals surface area contributed by atoms with Gasteiger partial charge in [-0.15, -0.1) is 6.58 Å². The number of carbonyl (C=O) groups excluding carboxylic acids is 2. The maximum atomic E-state index is 11.3. The topological polar surface area (TPSA) is 70.6 Å². The average molecular weight is 280 g/mol. The van der Waals surface area contributed by atoms with Crippen LogP contribution in [0.1, 0.15) is 12.0 Å². The minimum absolute atomic E-state index is 0.284. The Morgan fingerprint density at radius 1 is 1.32 bits per heavy atom. The zero-order chi connectivity index (χ0) is 14.1. The van der Waals surface area contributed by atoms with Gasteiger partial charge in [-0.25, -0.2) is 5.43 Å². The zero-order valence-corrected chi connectivity index (χ0v) is 11.0. The fourth-order valence-electron chi connectivity index (χ4n) is 1.19. The number of amides is 2. The van der Waals surface area contributed by atoms with E-state index in [0.717, 1.165) is 0 Å². The summed E-state index contributed by atoms with van der Waals surface area (Å²) in [7, 11) is 0. The van der Waals surface area contributed by atoms with Crippen molar-refractivity contribution in [1.82, 2.24) is 10.7 Å². The van der Waals surface area contributed by atoms with Gasteiger partial charge in [0.2, 0.25) is 11.8 Å². The summed E-state index contributed by atoms with van der Waals surface area (Å²) >= 11 is 5.90. The quantitative estimate of drug-likeness (QED) is 0.358. The molecule has 0 aliphatic carbocycles. The molecule has 1 aromatic carbocycles. The summed E-state index contributed by atoms with van der Waals surface area (Å²) in [6.45, 7) is 3.78. The van der Waals surface area contributed by atoms with Crippen LogP contribution in [0.3, 0.4) is 0 Å². The van der Waals surface area contributed by atoms with Crippen LogP contribution < -0.4 is 10.7 Å². The predicted molar refractivity (Wildman–Crippen MR) is 75.0 cm³/mol. The van der Waals surface area contributed by atoms with E-state index in [1.165, 1.54) is 12.3 Å². The Morgan fingerprint density at radius 2 is 2.05 bits per heavy atom. The van der Waals surface area contributed by atoms with E-state index in [4.69, 9.17) is 11.6 Å². The van der Waals surface area contributed by atoms with Crippen LogP contribution in [0.4, 0.5) is 0 Å². The first-order chi connectivity index (χ1) is 9.13. The second-order valence-corrected chi connectivity index (χ2v) is 3.99. The van der Waals surface area contributed by atoms with E-state index in [1.54, 1.807) is 24.3 Å². The van der Waals surface area contributed by atoms with Crippen LogP contribution in [-0.4, -0.2) is 24.6 Å². The molecule has 0 atom stereocenters. The molecule has 2 amide bonds. The molecule has 2 N–H and O–H groups in total.